The zero-order valence-electron chi connectivity index (χ0n) is 15.3. The van der Waals surface area contributed by atoms with Crippen LogP contribution in [0.2, 0.25) is 0 Å². The number of hydrogen-bond acceptors (Lipinski definition) is 4. The van der Waals surface area contributed by atoms with Crippen molar-refractivity contribution in [1.29, 1.82) is 0 Å². The molecule has 1 atom stereocenters. The minimum absolute atomic E-state index is 0.183. The first-order valence-corrected chi connectivity index (χ1v) is 10.0. The van der Waals surface area contributed by atoms with E-state index in [1.165, 1.54) is 0 Å². The van der Waals surface area contributed by atoms with Crippen molar-refractivity contribution in [3.05, 3.63) is 95.6 Å². The third-order valence-corrected chi connectivity index (χ3v) is 6.09. The van der Waals surface area contributed by atoms with E-state index in [9.17, 15) is 9.90 Å². The number of carbonyl (C=O) groups is 1. The molecule has 0 aromatic heterocycles. The highest BCUT2D eigenvalue weighted by Gasteiger charge is 2.34. The summed E-state index contributed by atoms with van der Waals surface area (Å²) in [6.07, 6.45) is 0. The predicted molar refractivity (Wildman–Crippen MR) is 115 cm³/mol. The Labute approximate surface area is 172 Å². The second-order valence-corrected chi connectivity index (χ2v) is 7.81. The summed E-state index contributed by atoms with van der Waals surface area (Å²) in [5.41, 5.74) is 3.66. The average molecular weight is 399 g/mol. The fraction of sp³-hybridized carbons (Fsp3) is 0.0435. The first-order valence-electron chi connectivity index (χ1n) is 9.21. The standard InChI is InChI=1S/C23H17N3O2S/c27-16-12-10-14(11-13-16)20-19-21(15-6-2-1-3-7-15)29-18-9-5-4-8-17(18)24-22(19)26-23(28)25-20/h1-13,20,27H,(H2,24,25,26,28). The SMILES string of the molecule is O=C1NC2=Nc3ccccc3SC(c3ccccc3)=C2C(c2ccc(O)cc2)N1. The molecule has 1 unspecified atom stereocenters. The number of carbonyl (C=O) groups excluding carboxylic acids is 1. The van der Waals surface area contributed by atoms with E-state index in [-0.39, 0.29) is 17.8 Å². The molecule has 3 aromatic carbocycles. The molecule has 0 radical (unpaired) electrons. The van der Waals surface area contributed by atoms with Crippen LogP contribution < -0.4 is 10.6 Å². The van der Waals surface area contributed by atoms with Gasteiger partial charge in [-0.2, -0.15) is 0 Å². The highest BCUT2D eigenvalue weighted by atomic mass is 32.2. The Morgan fingerprint density at radius 3 is 2.41 bits per heavy atom. The van der Waals surface area contributed by atoms with Crippen LogP contribution in [-0.2, 0) is 0 Å². The number of para-hydroxylation sites is 1. The maximum atomic E-state index is 12.5. The summed E-state index contributed by atoms with van der Waals surface area (Å²) in [6.45, 7) is 0. The number of phenolic OH excluding ortho intramolecular Hbond substituents is 1. The summed E-state index contributed by atoms with van der Waals surface area (Å²) >= 11 is 1.64. The summed E-state index contributed by atoms with van der Waals surface area (Å²) in [6, 6.07) is 24.2. The molecule has 2 aliphatic rings. The molecule has 6 heteroatoms. The summed E-state index contributed by atoms with van der Waals surface area (Å²) in [7, 11) is 0. The van der Waals surface area contributed by atoms with Crippen molar-refractivity contribution in [2.45, 2.75) is 10.9 Å². The average Bonchev–Trinajstić information content (AvgIpc) is 2.91. The van der Waals surface area contributed by atoms with Gasteiger partial charge in [-0.3, -0.25) is 5.32 Å². The number of fused-ring (bicyclic) bond motifs is 2. The van der Waals surface area contributed by atoms with Crippen molar-refractivity contribution >= 4 is 34.2 Å². The van der Waals surface area contributed by atoms with Crippen LogP contribution >= 0.6 is 11.8 Å². The molecule has 1 saturated heterocycles. The lowest BCUT2D eigenvalue weighted by atomic mass is 9.93. The number of aromatic hydroxyl groups is 1. The fourth-order valence-corrected chi connectivity index (χ4v) is 4.68. The molecule has 3 N–H and O–H groups in total. The van der Waals surface area contributed by atoms with Gasteiger partial charge in [0.25, 0.3) is 0 Å². The zero-order chi connectivity index (χ0) is 19.8. The van der Waals surface area contributed by atoms with E-state index in [1.54, 1.807) is 23.9 Å². The van der Waals surface area contributed by atoms with Crippen LogP contribution in [0, 0.1) is 0 Å². The van der Waals surface area contributed by atoms with Gasteiger partial charge in [-0.15, -0.1) is 0 Å². The van der Waals surface area contributed by atoms with Gasteiger partial charge < -0.3 is 10.4 Å². The highest BCUT2D eigenvalue weighted by Crippen LogP contribution is 2.47. The van der Waals surface area contributed by atoms with Crippen LogP contribution in [0.5, 0.6) is 5.75 Å². The molecule has 29 heavy (non-hydrogen) atoms. The Balaban J connectivity index is 1.77. The van der Waals surface area contributed by atoms with Crippen molar-refractivity contribution in [2.75, 3.05) is 0 Å². The van der Waals surface area contributed by atoms with Crippen molar-refractivity contribution in [1.82, 2.24) is 10.6 Å². The molecular weight excluding hydrogens is 382 g/mol. The van der Waals surface area contributed by atoms with E-state index in [4.69, 9.17) is 4.99 Å². The van der Waals surface area contributed by atoms with Gasteiger partial charge in [0.15, 0.2) is 0 Å². The van der Waals surface area contributed by atoms with E-state index < -0.39 is 0 Å². The Bertz CT molecular complexity index is 1150. The third-order valence-electron chi connectivity index (χ3n) is 4.87. The minimum Gasteiger partial charge on any atom is -0.508 e. The number of urea groups is 1. The number of aliphatic imine (C=N–C) groups is 1. The van der Waals surface area contributed by atoms with Gasteiger partial charge in [-0.05, 0) is 35.4 Å². The van der Waals surface area contributed by atoms with Gasteiger partial charge in [0, 0.05) is 15.4 Å². The first-order chi connectivity index (χ1) is 14.2. The highest BCUT2D eigenvalue weighted by molar-refractivity contribution is 8.08. The number of rotatable bonds is 2. The number of thioether (sulfide) groups is 1. The van der Waals surface area contributed by atoms with Crippen LogP contribution in [0.1, 0.15) is 17.2 Å². The molecule has 2 aliphatic heterocycles. The van der Waals surface area contributed by atoms with E-state index in [2.05, 4.69) is 22.8 Å². The normalized spacial score (nSPS) is 18.0. The summed E-state index contributed by atoms with van der Waals surface area (Å²) in [5.74, 6) is 0.728. The Morgan fingerprint density at radius 1 is 0.897 bits per heavy atom. The maximum absolute atomic E-state index is 12.5. The largest absolute Gasteiger partial charge is 0.508 e. The summed E-state index contributed by atoms with van der Waals surface area (Å²) in [5, 5.41) is 15.6. The second-order valence-electron chi connectivity index (χ2n) is 6.76. The van der Waals surface area contributed by atoms with Gasteiger partial charge in [-0.25, -0.2) is 9.79 Å². The topological polar surface area (TPSA) is 73.7 Å². The lowest BCUT2D eigenvalue weighted by molar-refractivity contribution is 0.241. The van der Waals surface area contributed by atoms with Crippen LogP contribution in [0.3, 0.4) is 0 Å². The molecule has 0 bridgehead atoms. The third kappa shape index (κ3) is 3.28. The summed E-state index contributed by atoms with van der Waals surface area (Å²) in [4.78, 5) is 19.3. The van der Waals surface area contributed by atoms with Gasteiger partial charge in [0.2, 0.25) is 0 Å². The van der Waals surface area contributed by atoms with E-state index in [0.29, 0.717) is 5.84 Å². The number of phenols is 1. The number of nitrogens with zero attached hydrogens (tertiary/aromatic N) is 1. The molecule has 0 spiro atoms. The first kappa shape index (κ1) is 17.6. The van der Waals surface area contributed by atoms with Crippen molar-refractivity contribution in [3.63, 3.8) is 0 Å². The summed E-state index contributed by atoms with van der Waals surface area (Å²) < 4.78 is 0. The number of amides is 2. The monoisotopic (exact) mass is 399 g/mol. The Hall–Kier alpha value is -3.51. The molecule has 5 nitrogen and oxygen atoms in total. The van der Waals surface area contributed by atoms with Crippen molar-refractivity contribution < 1.29 is 9.90 Å². The fourth-order valence-electron chi connectivity index (χ4n) is 3.52. The van der Waals surface area contributed by atoms with Crippen molar-refractivity contribution in [3.8, 4) is 5.75 Å². The quantitative estimate of drug-likeness (QED) is 0.568. The second kappa shape index (κ2) is 7.14. The minimum atomic E-state index is -0.389. The molecule has 3 aromatic rings. The number of benzene rings is 3. The Morgan fingerprint density at radius 2 is 1.62 bits per heavy atom. The molecule has 2 amide bonds. The van der Waals surface area contributed by atoms with E-state index >= 15 is 0 Å². The lowest BCUT2D eigenvalue weighted by Gasteiger charge is -2.30. The van der Waals surface area contributed by atoms with Gasteiger partial charge in [0.05, 0.1) is 11.7 Å². The Kier molecular flexibility index (Phi) is 4.33. The molecule has 0 aliphatic carbocycles. The number of amidine groups is 1. The molecule has 0 saturated carbocycles. The molecular formula is C23H17N3O2S. The maximum Gasteiger partial charge on any atom is 0.321 e. The lowest BCUT2D eigenvalue weighted by Crippen LogP contribution is -2.50. The van der Waals surface area contributed by atoms with E-state index in [1.807, 2.05) is 54.6 Å². The molecule has 5 rings (SSSR count). The smallest absolute Gasteiger partial charge is 0.321 e. The van der Waals surface area contributed by atoms with Crippen LogP contribution in [0.15, 0.2) is 94.3 Å². The van der Waals surface area contributed by atoms with Crippen LogP contribution in [0.25, 0.3) is 4.91 Å². The van der Waals surface area contributed by atoms with Gasteiger partial charge >= 0.3 is 6.03 Å². The number of hydrogen-bond donors (Lipinski definition) is 3. The van der Waals surface area contributed by atoms with E-state index in [0.717, 1.165) is 32.2 Å². The predicted octanol–water partition coefficient (Wildman–Crippen LogP) is 4.99. The molecule has 2 heterocycles. The van der Waals surface area contributed by atoms with Gasteiger partial charge in [-0.1, -0.05) is 66.4 Å². The van der Waals surface area contributed by atoms with Crippen LogP contribution in [0.4, 0.5) is 10.5 Å². The molecule has 1 fully saturated rings. The number of nitrogens with one attached hydrogen (secondary N) is 2. The van der Waals surface area contributed by atoms with Crippen molar-refractivity contribution in [2.24, 2.45) is 4.99 Å². The zero-order valence-corrected chi connectivity index (χ0v) is 16.1. The molecule has 142 valence electrons. The van der Waals surface area contributed by atoms with Crippen LogP contribution in [-0.4, -0.2) is 17.0 Å². The van der Waals surface area contributed by atoms with Gasteiger partial charge in [0.1, 0.15) is 11.6 Å².